The molecular weight excluding hydrogens is 326 g/mol. The number of halogens is 1. The first-order chi connectivity index (χ1) is 10.8. The van der Waals surface area contributed by atoms with Crippen LogP contribution in [0, 0.1) is 20.2 Å². The molecule has 0 atom stereocenters. The largest absolute Gasteiger partial charge is 0.311 e. The molecule has 0 bridgehead atoms. The molecule has 2 aromatic carbocycles. The van der Waals surface area contributed by atoms with Crippen molar-refractivity contribution >= 4 is 34.6 Å². The third-order valence-electron chi connectivity index (χ3n) is 3.12. The number of benzene rings is 2. The average Bonchev–Trinajstić information content (AvgIpc) is 2.54. The number of nitro groups is 2. The van der Waals surface area contributed by atoms with Gasteiger partial charge in [-0.3, -0.25) is 25.0 Å². The number of amides is 1. The van der Waals surface area contributed by atoms with Gasteiger partial charge in [-0.1, -0.05) is 29.8 Å². The van der Waals surface area contributed by atoms with Gasteiger partial charge in [0.1, 0.15) is 5.02 Å². The number of non-ortho nitro benzene ring substituents is 1. The molecule has 0 fully saturated rings. The highest BCUT2D eigenvalue weighted by Gasteiger charge is 2.28. The first-order valence-electron chi connectivity index (χ1n) is 6.28. The van der Waals surface area contributed by atoms with Crippen LogP contribution in [0.25, 0.3) is 0 Å². The quantitative estimate of drug-likeness (QED) is 0.628. The van der Waals surface area contributed by atoms with Crippen molar-refractivity contribution in [2.24, 2.45) is 0 Å². The van der Waals surface area contributed by atoms with Crippen molar-refractivity contribution in [1.29, 1.82) is 0 Å². The third-order valence-corrected chi connectivity index (χ3v) is 3.52. The molecular formula is C14H10ClN3O5. The van der Waals surface area contributed by atoms with Crippen LogP contribution in [-0.2, 0) is 0 Å². The predicted molar refractivity (Wildman–Crippen MR) is 83.9 cm³/mol. The third kappa shape index (κ3) is 3.27. The Bertz CT molecular complexity index is 794. The van der Waals surface area contributed by atoms with Crippen LogP contribution in [0.5, 0.6) is 0 Å². The van der Waals surface area contributed by atoms with Gasteiger partial charge in [0.15, 0.2) is 0 Å². The lowest BCUT2D eigenvalue weighted by atomic mass is 10.1. The summed E-state index contributed by atoms with van der Waals surface area (Å²) < 4.78 is 0. The van der Waals surface area contributed by atoms with E-state index in [4.69, 9.17) is 11.6 Å². The fourth-order valence-corrected chi connectivity index (χ4v) is 2.20. The van der Waals surface area contributed by atoms with Gasteiger partial charge in [0.2, 0.25) is 0 Å². The Labute approximate surface area is 135 Å². The number of anilines is 1. The molecule has 0 saturated carbocycles. The maximum Gasteiger partial charge on any atom is 0.295 e. The summed E-state index contributed by atoms with van der Waals surface area (Å²) in [4.78, 5) is 33.9. The topological polar surface area (TPSA) is 107 Å². The fraction of sp³-hybridized carbons (Fsp3) is 0.0714. The zero-order valence-corrected chi connectivity index (χ0v) is 12.6. The molecule has 0 N–H and O–H groups in total. The lowest BCUT2D eigenvalue weighted by Crippen LogP contribution is -2.26. The molecule has 0 aromatic heterocycles. The molecule has 0 radical (unpaired) electrons. The maximum absolute atomic E-state index is 12.5. The number of para-hydroxylation sites is 1. The van der Waals surface area contributed by atoms with E-state index < -0.39 is 32.2 Å². The van der Waals surface area contributed by atoms with E-state index in [0.717, 1.165) is 12.1 Å². The highest BCUT2D eigenvalue weighted by molar-refractivity contribution is 6.36. The van der Waals surface area contributed by atoms with E-state index in [1.54, 1.807) is 30.3 Å². The summed E-state index contributed by atoms with van der Waals surface area (Å²) >= 11 is 5.90. The number of nitro benzene ring substituents is 2. The average molecular weight is 336 g/mol. The molecule has 0 unspecified atom stereocenters. The van der Waals surface area contributed by atoms with Gasteiger partial charge in [-0.2, -0.15) is 0 Å². The van der Waals surface area contributed by atoms with Crippen molar-refractivity contribution in [3.05, 3.63) is 73.3 Å². The van der Waals surface area contributed by atoms with Gasteiger partial charge in [-0.25, -0.2) is 0 Å². The molecule has 2 rings (SSSR count). The summed E-state index contributed by atoms with van der Waals surface area (Å²) in [7, 11) is 1.44. The van der Waals surface area contributed by atoms with Gasteiger partial charge >= 0.3 is 0 Å². The minimum Gasteiger partial charge on any atom is -0.311 e. The van der Waals surface area contributed by atoms with E-state index in [9.17, 15) is 25.0 Å². The second-order valence-corrected chi connectivity index (χ2v) is 4.92. The van der Waals surface area contributed by atoms with Gasteiger partial charge in [0.25, 0.3) is 17.3 Å². The van der Waals surface area contributed by atoms with Gasteiger partial charge in [0, 0.05) is 18.8 Å². The Morgan fingerprint density at radius 2 is 1.70 bits per heavy atom. The van der Waals surface area contributed by atoms with Gasteiger partial charge < -0.3 is 4.90 Å². The summed E-state index contributed by atoms with van der Waals surface area (Å²) in [5, 5.41) is 21.5. The number of hydrogen-bond donors (Lipinski definition) is 0. The summed E-state index contributed by atoms with van der Waals surface area (Å²) in [6.07, 6.45) is 0. The molecule has 0 aliphatic heterocycles. The van der Waals surface area contributed by atoms with Gasteiger partial charge in [0.05, 0.1) is 21.5 Å². The Kier molecular flexibility index (Phi) is 4.56. The van der Waals surface area contributed by atoms with Gasteiger partial charge in [-0.15, -0.1) is 0 Å². The number of carbonyl (C=O) groups is 1. The zero-order chi connectivity index (χ0) is 17.1. The van der Waals surface area contributed by atoms with Crippen molar-refractivity contribution in [3.8, 4) is 0 Å². The van der Waals surface area contributed by atoms with Crippen LogP contribution in [0.15, 0.2) is 42.5 Å². The van der Waals surface area contributed by atoms with Gasteiger partial charge in [-0.05, 0) is 12.1 Å². The van der Waals surface area contributed by atoms with Crippen LogP contribution < -0.4 is 4.90 Å². The van der Waals surface area contributed by atoms with Crippen molar-refractivity contribution in [3.63, 3.8) is 0 Å². The van der Waals surface area contributed by atoms with Crippen LogP contribution >= 0.6 is 11.6 Å². The summed E-state index contributed by atoms with van der Waals surface area (Å²) in [6.45, 7) is 0. The highest BCUT2D eigenvalue weighted by Crippen LogP contribution is 2.34. The molecule has 0 aliphatic rings. The maximum atomic E-state index is 12.5. The van der Waals surface area contributed by atoms with E-state index in [1.807, 2.05) is 0 Å². The van der Waals surface area contributed by atoms with E-state index in [2.05, 4.69) is 0 Å². The molecule has 118 valence electrons. The molecule has 0 heterocycles. The first-order valence-corrected chi connectivity index (χ1v) is 6.66. The van der Waals surface area contributed by atoms with Crippen LogP contribution in [0.2, 0.25) is 5.02 Å². The lowest BCUT2D eigenvalue weighted by molar-refractivity contribution is -0.394. The summed E-state index contributed by atoms with van der Waals surface area (Å²) in [5.74, 6) is -0.687. The predicted octanol–water partition coefficient (Wildman–Crippen LogP) is 3.43. The number of nitrogens with zero attached hydrogens (tertiary/aromatic N) is 3. The minimum absolute atomic E-state index is 0.307. The van der Waals surface area contributed by atoms with Crippen molar-refractivity contribution in [1.82, 2.24) is 0 Å². The molecule has 1 amide bonds. The second kappa shape index (κ2) is 6.41. The lowest BCUT2D eigenvalue weighted by Gasteiger charge is -2.17. The zero-order valence-electron chi connectivity index (χ0n) is 11.8. The molecule has 23 heavy (non-hydrogen) atoms. The molecule has 0 spiro atoms. The fourth-order valence-electron chi connectivity index (χ4n) is 1.94. The minimum atomic E-state index is -0.866. The van der Waals surface area contributed by atoms with Crippen molar-refractivity contribution < 1.29 is 14.6 Å². The van der Waals surface area contributed by atoms with Crippen LogP contribution in [0.1, 0.15) is 10.4 Å². The van der Waals surface area contributed by atoms with E-state index in [-0.39, 0.29) is 5.56 Å². The first kappa shape index (κ1) is 16.4. The van der Waals surface area contributed by atoms with Crippen molar-refractivity contribution in [2.75, 3.05) is 11.9 Å². The molecule has 8 nitrogen and oxygen atoms in total. The SMILES string of the molecule is CN(C(=O)c1cc([N+](=O)[O-])cc([N+](=O)[O-])c1Cl)c1ccccc1. The van der Waals surface area contributed by atoms with Crippen molar-refractivity contribution in [2.45, 2.75) is 0 Å². The monoisotopic (exact) mass is 335 g/mol. The highest BCUT2D eigenvalue weighted by atomic mass is 35.5. The standard InChI is InChI=1S/C14H10ClN3O5/c1-16(9-5-3-2-4-6-9)14(19)11-7-10(17(20)21)8-12(13(11)15)18(22)23/h2-8H,1H3. The van der Waals surface area contributed by atoms with E-state index in [0.29, 0.717) is 5.69 Å². The summed E-state index contributed by atoms with van der Waals surface area (Å²) in [6, 6.07) is 10.1. The Morgan fingerprint density at radius 1 is 1.09 bits per heavy atom. The second-order valence-electron chi connectivity index (χ2n) is 4.54. The van der Waals surface area contributed by atoms with Crippen LogP contribution in [-0.4, -0.2) is 22.8 Å². The van der Waals surface area contributed by atoms with E-state index in [1.165, 1.54) is 11.9 Å². The Morgan fingerprint density at radius 3 is 2.22 bits per heavy atom. The Balaban J connectivity index is 2.55. The molecule has 9 heteroatoms. The Hall–Kier alpha value is -3.00. The van der Waals surface area contributed by atoms with Crippen LogP contribution in [0.3, 0.4) is 0 Å². The number of carbonyl (C=O) groups excluding carboxylic acids is 1. The smallest absolute Gasteiger partial charge is 0.295 e. The number of rotatable bonds is 4. The summed E-state index contributed by atoms with van der Waals surface area (Å²) in [5.41, 5.74) is -1.06. The molecule has 2 aromatic rings. The number of hydrogen-bond acceptors (Lipinski definition) is 5. The molecule has 0 aliphatic carbocycles. The van der Waals surface area contributed by atoms with E-state index >= 15 is 0 Å². The normalized spacial score (nSPS) is 10.2. The molecule has 0 saturated heterocycles. The van der Waals surface area contributed by atoms with Crippen LogP contribution in [0.4, 0.5) is 17.1 Å².